The van der Waals surface area contributed by atoms with Crippen molar-refractivity contribution in [1.82, 2.24) is 9.80 Å². The van der Waals surface area contributed by atoms with Gasteiger partial charge in [-0.15, -0.1) is 11.3 Å². The Balaban J connectivity index is 2.51. The van der Waals surface area contributed by atoms with E-state index in [9.17, 15) is 14.7 Å². The third-order valence-electron chi connectivity index (χ3n) is 4.66. The van der Waals surface area contributed by atoms with Crippen molar-refractivity contribution in [1.29, 1.82) is 0 Å². The van der Waals surface area contributed by atoms with E-state index in [0.717, 1.165) is 5.56 Å². The van der Waals surface area contributed by atoms with Crippen LogP contribution in [0.1, 0.15) is 64.3 Å². The molecule has 1 unspecified atom stereocenters. The number of benzene rings is 1. The number of amides is 2. The van der Waals surface area contributed by atoms with Crippen LogP contribution in [0.3, 0.4) is 0 Å². The van der Waals surface area contributed by atoms with E-state index < -0.39 is 6.10 Å². The lowest BCUT2D eigenvalue weighted by Crippen LogP contribution is -2.34. The van der Waals surface area contributed by atoms with Crippen LogP contribution in [-0.4, -0.2) is 52.9 Å². The van der Waals surface area contributed by atoms with Crippen LogP contribution in [0, 0.1) is 0 Å². The summed E-state index contributed by atoms with van der Waals surface area (Å²) in [7, 11) is 0. The van der Waals surface area contributed by atoms with Crippen molar-refractivity contribution in [3.63, 3.8) is 0 Å². The molecule has 1 N–H and O–H groups in total. The first-order valence-electron chi connectivity index (χ1n) is 9.43. The third kappa shape index (κ3) is 4.57. The summed E-state index contributed by atoms with van der Waals surface area (Å²) in [4.78, 5) is 30.4. The lowest BCUT2D eigenvalue weighted by atomic mass is 10.1. The molecular formula is C21H28N2O3S. The maximum Gasteiger partial charge on any atom is 0.264 e. The Kier molecular flexibility index (Phi) is 7.56. The van der Waals surface area contributed by atoms with E-state index in [1.165, 1.54) is 11.3 Å². The number of carbonyl (C=O) groups excluding carboxylic acids is 2. The van der Waals surface area contributed by atoms with Crippen LogP contribution < -0.4 is 0 Å². The van der Waals surface area contributed by atoms with Gasteiger partial charge >= 0.3 is 0 Å². The van der Waals surface area contributed by atoms with Crippen molar-refractivity contribution in [3.05, 3.63) is 57.3 Å². The second kappa shape index (κ2) is 9.67. The van der Waals surface area contributed by atoms with Gasteiger partial charge in [0.15, 0.2) is 0 Å². The monoisotopic (exact) mass is 388 g/mol. The molecule has 1 heterocycles. The summed E-state index contributed by atoms with van der Waals surface area (Å²) >= 11 is 1.21. The van der Waals surface area contributed by atoms with E-state index in [2.05, 4.69) is 0 Å². The van der Waals surface area contributed by atoms with Crippen LogP contribution in [0.2, 0.25) is 0 Å². The maximum atomic E-state index is 13.0. The predicted molar refractivity (Wildman–Crippen MR) is 109 cm³/mol. The number of carbonyl (C=O) groups is 2. The maximum absolute atomic E-state index is 13.0. The molecule has 0 spiro atoms. The average molecular weight is 389 g/mol. The van der Waals surface area contributed by atoms with Gasteiger partial charge in [0.25, 0.3) is 11.8 Å². The Morgan fingerprint density at radius 2 is 1.44 bits per heavy atom. The lowest BCUT2D eigenvalue weighted by molar-refractivity contribution is 0.0738. The van der Waals surface area contributed by atoms with Gasteiger partial charge in [-0.05, 0) is 39.3 Å². The van der Waals surface area contributed by atoms with Gasteiger partial charge in [0.05, 0.1) is 5.56 Å². The Bertz CT molecular complexity index is 723. The minimum absolute atomic E-state index is 0.160. The largest absolute Gasteiger partial charge is 0.383 e. The summed E-state index contributed by atoms with van der Waals surface area (Å²) in [5.74, 6) is -0.328. The van der Waals surface area contributed by atoms with Crippen molar-refractivity contribution in [2.75, 3.05) is 26.2 Å². The molecular weight excluding hydrogens is 360 g/mol. The molecule has 2 rings (SSSR count). The minimum Gasteiger partial charge on any atom is -0.383 e. The molecule has 0 aliphatic rings. The molecule has 1 aromatic heterocycles. The number of hydrogen-bond acceptors (Lipinski definition) is 4. The number of hydrogen-bond donors (Lipinski definition) is 1. The second-order valence-electron chi connectivity index (χ2n) is 6.16. The molecule has 5 nitrogen and oxygen atoms in total. The van der Waals surface area contributed by atoms with Gasteiger partial charge in [-0.3, -0.25) is 9.59 Å². The highest BCUT2D eigenvalue weighted by atomic mass is 32.1. The zero-order chi connectivity index (χ0) is 20.0. The van der Waals surface area contributed by atoms with E-state index >= 15 is 0 Å². The number of nitrogens with zero attached hydrogens (tertiary/aromatic N) is 2. The van der Waals surface area contributed by atoms with Crippen molar-refractivity contribution < 1.29 is 14.7 Å². The summed E-state index contributed by atoms with van der Waals surface area (Å²) in [5, 5.41) is 10.8. The fourth-order valence-corrected chi connectivity index (χ4v) is 4.13. The van der Waals surface area contributed by atoms with Crippen molar-refractivity contribution in [2.24, 2.45) is 0 Å². The van der Waals surface area contributed by atoms with Crippen LogP contribution in [0.4, 0.5) is 0 Å². The zero-order valence-corrected chi connectivity index (χ0v) is 17.3. The van der Waals surface area contributed by atoms with Crippen molar-refractivity contribution in [3.8, 4) is 0 Å². The average Bonchev–Trinajstić information content (AvgIpc) is 3.15. The Morgan fingerprint density at radius 3 is 1.96 bits per heavy atom. The summed E-state index contributed by atoms with van der Waals surface area (Å²) in [5.41, 5.74) is 1.12. The summed E-state index contributed by atoms with van der Waals surface area (Å²) < 4.78 is 0. The van der Waals surface area contributed by atoms with E-state index in [1.807, 2.05) is 58.0 Å². The molecule has 1 aromatic carbocycles. The van der Waals surface area contributed by atoms with Gasteiger partial charge in [0.2, 0.25) is 0 Å². The van der Waals surface area contributed by atoms with Crippen LogP contribution >= 0.6 is 11.3 Å². The lowest BCUT2D eigenvalue weighted by Gasteiger charge is -2.21. The molecule has 2 amide bonds. The standard InChI is InChI=1S/C21H28N2O3S/c1-5-22(6-2)20(25)16-14-17(18(24)15-12-10-9-11-13-15)27-19(16)21(26)23(7-3)8-4/h9-14,18,24H,5-8H2,1-4H3. The van der Waals surface area contributed by atoms with Gasteiger partial charge in [0, 0.05) is 31.1 Å². The van der Waals surface area contributed by atoms with Crippen LogP contribution in [-0.2, 0) is 0 Å². The quantitative estimate of drug-likeness (QED) is 0.748. The molecule has 0 bridgehead atoms. The Labute approximate surface area is 165 Å². The van der Waals surface area contributed by atoms with Crippen molar-refractivity contribution in [2.45, 2.75) is 33.8 Å². The number of aliphatic hydroxyl groups excluding tert-OH is 1. The molecule has 0 radical (unpaired) electrons. The minimum atomic E-state index is -0.863. The molecule has 0 fully saturated rings. The summed E-state index contributed by atoms with van der Waals surface area (Å²) in [6.45, 7) is 9.95. The van der Waals surface area contributed by atoms with E-state index in [-0.39, 0.29) is 11.8 Å². The SMILES string of the molecule is CCN(CC)C(=O)c1cc(C(O)c2ccccc2)sc1C(=O)N(CC)CC. The molecule has 27 heavy (non-hydrogen) atoms. The van der Waals surface area contributed by atoms with Gasteiger partial charge in [-0.25, -0.2) is 0 Å². The first-order chi connectivity index (χ1) is 13.0. The third-order valence-corrected chi connectivity index (χ3v) is 5.84. The molecule has 0 aliphatic carbocycles. The van der Waals surface area contributed by atoms with Gasteiger partial charge in [0.1, 0.15) is 11.0 Å². The summed E-state index contributed by atoms with van der Waals surface area (Å²) in [6.07, 6.45) is -0.863. The first kappa shape index (κ1) is 21.1. The van der Waals surface area contributed by atoms with Gasteiger partial charge in [-0.1, -0.05) is 30.3 Å². The highest BCUT2D eigenvalue weighted by Gasteiger charge is 2.28. The van der Waals surface area contributed by atoms with Crippen molar-refractivity contribution >= 4 is 23.2 Å². The fraction of sp³-hybridized carbons (Fsp3) is 0.429. The molecule has 146 valence electrons. The molecule has 6 heteroatoms. The normalized spacial score (nSPS) is 11.9. The number of rotatable bonds is 8. The van der Waals surface area contributed by atoms with Gasteiger partial charge in [-0.2, -0.15) is 0 Å². The molecule has 0 saturated heterocycles. The fourth-order valence-electron chi connectivity index (χ4n) is 3.00. The number of thiophene rings is 1. The van der Waals surface area contributed by atoms with Gasteiger partial charge < -0.3 is 14.9 Å². The summed E-state index contributed by atoms with van der Waals surface area (Å²) in [6, 6.07) is 10.9. The smallest absolute Gasteiger partial charge is 0.264 e. The molecule has 2 aromatic rings. The van der Waals surface area contributed by atoms with E-state index in [4.69, 9.17) is 0 Å². The zero-order valence-electron chi connectivity index (χ0n) is 16.4. The predicted octanol–water partition coefficient (Wildman–Crippen LogP) is 3.79. The second-order valence-corrected chi connectivity index (χ2v) is 7.24. The van der Waals surface area contributed by atoms with Crippen LogP contribution in [0.5, 0.6) is 0 Å². The molecule has 0 saturated carbocycles. The first-order valence-corrected chi connectivity index (χ1v) is 10.2. The highest BCUT2D eigenvalue weighted by Crippen LogP contribution is 2.33. The topological polar surface area (TPSA) is 60.9 Å². The van der Waals surface area contributed by atoms with Crippen LogP contribution in [0.25, 0.3) is 0 Å². The highest BCUT2D eigenvalue weighted by molar-refractivity contribution is 7.14. The van der Waals surface area contributed by atoms with E-state index in [1.54, 1.807) is 15.9 Å². The molecule has 1 atom stereocenters. The van der Waals surface area contributed by atoms with E-state index in [0.29, 0.717) is 41.5 Å². The van der Waals surface area contributed by atoms with Crippen LogP contribution in [0.15, 0.2) is 36.4 Å². The Morgan fingerprint density at radius 1 is 0.926 bits per heavy atom. The Hall–Kier alpha value is -2.18. The molecule has 0 aliphatic heterocycles. The number of aliphatic hydroxyl groups is 1.